The van der Waals surface area contributed by atoms with Crippen LogP contribution in [0.15, 0.2) is 30.3 Å². The van der Waals surface area contributed by atoms with Gasteiger partial charge in [0, 0.05) is 19.4 Å². The van der Waals surface area contributed by atoms with E-state index in [0.29, 0.717) is 25.1 Å². The lowest BCUT2D eigenvalue weighted by molar-refractivity contribution is -0.149. The highest BCUT2D eigenvalue weighted by atomic mass is 16.5. The lowest BCUT2D eigenvalue weighted by Gasteiger charge is -2.26. The summed E-state index contributed by atoms with van der Waals surface area (Å²) >= 11 is 0. The zero-order valence-electron chi connectivity index (χ0n) is 11.5. The van der Waals surface area contributed by atoms with Crippen LogP contribution in [0, 0.1) is 0 Å². The second-order valence-corrected chi connectivity index (χ2v) is 5.03. The van der Waals surface area contributed by atoms with Gasteiger partial charge in [-0.05, 0) is 18.6 Å². The van der Waals surface area contributed by atoms with E-state index >= 15 is 0 Å². The third-order valence-electron chi connectivity index (χ3n) is 3.26. The average Bonchev–Trinajstić information content (AvgIpc) is 3.19. The minimum Gasteiger partial charge on any atom is -0.480 e. The van der Waals surface area contributed by atoms with Crippen LogP contribution in [0.5, 0.6) is 5.75 Å². The molecule has 0 saturated heterocycles. The molecule has 0 radical (unpaired) electrons. The summed E-state index contributed by atoms with van der Waals surface area (Å²) in [6.07, 6.45) is 2.00. The van der Waals surface area contributed by atoms with Gasteiger partial charge in [-0.1, -0.05) is 25.1 Å². The van der Waals surface area contributed by atoms with E-state index in [2.05, 4.69) is 0 Å². The van der Waals surface area contributed by atoms with E-state index in [1.807, 2.05) is 25.1 Å². The molecule has 1 aliphatic rings. The van der Waals surface area contributed by atoms with Gasteiger partial charge >= 0.3 is 5.97 Å². The summed E-state index contributed by atoms with van der Waals surface area (Å²) in [5.74, 6) is -0.571. The number of hydrogen-bond donors (Lipinski definition) is 1. The number of para-hydroxylation sites is 1. The molecule has 0 aromatic heterocycles. The maximum absolute atomic E-state index is 12.5. The van der Waals surface area contributed by atoms with Crippen LogP contribution in [0.1, 0.15) is 26.2 Å². The van der Waals surface area contributed by atoms with Crippen molar-refractivity contribution >= 4 is 11.9 Å². The first kappa shape index (κ1) is 14.4. The number of carbonyl (C=O) groups excluding carboxylic acids is 1. The summed E-state index contributed by atoms with van der Waals surface area (Å²) in [6, 6.07) is 9.17. The smallest absolute Gasteiger partial charge is 0.323 e. The van der Waals surface area contributed by atoms with Crippen molar-refractivity contribution in [3.8, 4) is 5.75 Å². The summed E-state index contributed by atoms with van der Waals surface area (Å²) in [5.41, 5.74) is -0.855. The van der Waals surface area contributed by atoms with Gasteiger partial charge in [0.15, 0.2) is 5.60 Å². The van der Waals surface area contributed by atoms with Gasteiger partial charge in [0.05, 0.1) is 0 Å². The zero-order valence-corrected chi connectivity index (χ0v) is 11.5. The van der Waals surface area contributed by atoms with Gasteiger partial charge in [0.1, 0.15) is 12.3 Å². The van der Waals surface area contributed by atoms with Crippen molar-refractivity contribution in [1.29, 1.82) is 0 Å². The number of aliphatic carboxylic acids is 1. The molecule has 1 aromatic carbocycles. The van der Waals surface area contributed by atoms with Gasteiger partial charge in [-0.15, -0.1) is 0 Å². The van der Waals surface area contributed by atoms with E-state index in [9.17, 15) is 9.59 Å². The SMILES string of the molecule is CCCN(CC(=O)O)C(=O)C1(Oc2ccccc2)CC1. The predicted octanol–water partition coefficient (Wildman–Crippen LogP) is 1.92. The molecule has 20 heavy (non-hydrogen) atoms. The van der Waals surface area contributed by atoms with Gasteiger partial charge in [-0.2, -0.15) is 0 Å². The molecular weight excluding hydrogens is 258 g/mol. The van der Waals surface area contributed by atoms with E-state index in [1.54, 1.807) is 12.1 Å². The van der Waals surface area contributed by atoms with Crippen LogP contribution in [0.4, 0.5) is 0 Å². The lowest BCUT2D eigenvalue weighted by atomic mass is 10.2. The summed E-state index contributed by atoms with van der Waals surface area (Å²) in [5, 5.41) is 8.90. The van der Waals surface area contributed by atoms with E-state index < -0.39 is 11.6 Å². The van der Waals surface area contributed by atoms with Crippen LogP contribution in [0.2, 0.25) is 0 Å². The Hall–Kier alpha value is -2.04. The Morgan fingerprint density at radius 3 is 2.45 bits per heavy atom. The number of amides is 1. The van der Waals surface area contributed by atoms with Gasteiger partial charge in [-0.25, -0.2) is 0 Å². The molecule has 0 bridgehead atoms. The van der Waals surface area contributed by atoms with Crippen molar-refractivity contribution in [1.82, 2.24) is 4.90 Å². The number of carboxylic acids is 1. The van der Waals surface area contributed by atoms with Crippen LogP contribution in [-0.2, 0) is 9.59 Å². The van der Waals surface area contributed by atoms with Gasteiger partial charge in [-0.3, -0.25) is 9.59 Å². The number of benzene rings is 1. The molecule has 2 rings (SSSR count). The molecule has 1 N–H and O–H groups in total. The van der Waals surface area contributed by atoms with Crippen molar-refractivity contribution in [3.63, 3.8) is 0 Å². The molecule has 108 valence electrons. The fourth-order valence-electron chi connectivity index (χ4n) is 2.16. The van der Waals surface area contributed by atoms with Crippen LogP contribution in [0.3, 0.4) is 0 Å². The van der Waals surface area contributed by atoms with E-state index in [0.717, 1.165) is 6.42 Å². The molecule has 1 amide bonds. The zero-order chi connectivity index (χ0) is 14.6. The summed E-state index contributed by atoms with van der Waals surface area (Å²) in [4.78, 5) is 24.7. The molecule has 1 saturated carbocycles. The Morgan fingerprint density at radius 1 is 1.30 bits per heavy atom. The average molecular weight is 277 g/mol. The quantitative estimate of drug-likeness (QED) is 0.827. The molecule has 1 aliphatic carbocycles. The standard InChI is InChI=1S/C15H19NO4/c1-2-10-16(11-13(17)18)14(19)15(8-9-15)20-12-6-4-3-5-7-12/h3-7H,2,8-11H2,1H3,(H,17,18). The van der Waals surface area contributed by atoms with Crippen molar-refractivity contribution in [2.24, 2.45) is 0 Å². The molecule has 0 spiro atoms. The molecule has 5 heteroatoms. The third-order valence-corrected chi connectivity index (χ3v) is 3.26. The number of ether oxygens (including phenoxy) is 1. The fourth-order valence-corrected chi connectivity index (χ4v) is 2.16. The molecule has 0 heterocycles. The Kier molecular flexibility index (Phi) is 4.27. The summed E-state index contributed by atoms with van der Waals surface area (Å²) in [6.45, 7) is 2.08. The first-order valence-corrected chi connectivity index (χ1v) is 6.82. The van der Waals surface area contributed by atoms with Crippen molar-refractivity contribution in [2.75, 3.05) is 13.1 Å². The first-order chi connectivity index (χ1) is 9.57. The van der Waals surface area contributed by atoms with E-state index in [-0.39, 0.29) is 12.5 Å². The van der Waals surface area contributed by atoms with Crippen LogP contribution in [-0.4, -0.2) is 40.6 Å². The van der Waals surface area contributed by atoms with E-state index in [1.165, 1.54) is 4.90 Å². The molecule has 0 aliphatic heterocycles. The largest absolute Gasteiger partial charge is 0.480 e. The Labute approximate surface area is 118 Å². The number of hydrogen-bond acceptors (Lipinski definition) is 3. The first-order valence-electron chi connectivity index (χ1n) is 6.82. The maximum Gasteiger partial charge on any atom is 0.323 e. The number of carbonyl (C=O) groups is 2. The highest BCUT2D eigenvalue weighted by molar-refractivity contribution is 5.90. The molecule has 0 atom stereocenters. The van der Waals surface area contributed by atoms with Gasteiger partial charge < -0.3 is 14.7 Å². The number of nitrogens with zero attached hydrogens (tertiary/aromatic N) is 1. The molecule has 1 aromatic rings. The summed E-state index contributed by atoms with van der Waals surface area (Å²) in [7, 11) is 0. The second-order valence-electron chi connectivity index (χ2n) is 5.03. The monoisotopic (exact) mass is 277 g/mol. The number of rotatable bonds is 7. The molecule has 0 unspecified atom stereocenters. The van der Waals surface area contributed by atoms with Crippen molar-refractivity contribution < 1.29 is 19.4 Å². The van der Waals surface area contributed by atoms with Crippen LogP contribution >= 0.6 is 0 Å². The fraction of sp³-hybridized carbons (Fsp3) is 0.467. The maximum atomic E-state index is 12.5. The summed E-state index contributed by atoms with van der Waals surface area (Å²) < 4.78 is 5.80. The highest BCUT2D eigenvalue weighted by Gasteiger charge is 2.54. The molecule has 5 nitrogen and oxygen atoms in total. The van der Waals surface area contributed by atoms with Crippen LogP contribution in [0.25, 0.3) is 0 Å². The lowest BCUT2D eigenvalue weighted by Crippen LogP contribution is -2.46. The minimum atomic E-state index is -0.998. The van der Waals surface area contributed by atoms with Gasteiger partial charge in [0.25, 0.3) is 5.91 Å². The topological polar surface area (TPSA) is 66.8 Å². The Bertz CT molecular complexity index is 482. The normalized spacial score (nSPS) is 15.4. The molecular formula is C15H19NO4. The minimum absolute atomic E-state index is 0.217. The second kappa shape index (κ2) is 5.94. The number of carboxylic acid groups (broad SMARTS) is 1. The molecule has 1 fully saturated rings. The highest BCUT2D eigenvalue weighted by Crippen LogP contribution is 2.41. The van der Waals surface area contributed by atoms with E-state index in [4.69, 9.17) is 9.84 Å². The third kappa shape index (κ3) is 3.29. The van der Waals surface area contributed by atoms with Crippen molar-refractivity contribution in [3.05, 3.63) is 30.3 Å². The van der Waals surface area contributed by atoms with Crippen LogP contribution < -0.4 is 4.74 Å². The Morgan fingerprint density at radius 2 is 1.95 bits per heavy atom. The predicted molar refractivity (Wildman–Crippen MR) is 73.5 cm³/mol. The Balaban J connectivity index is 2.07. The van der Waals surface area contributed by atoms with Gasteiger partial charge in [0.2, 0.25) is 0 Å². The van der Waals surface area contributed by atoms with Crippen molar-refractivity contribution in [2.45, 2.75) is 31.8 Å².